The first-order valence-corrected chi connectivity index (χ1v) is 8.42. The Labute approximate surface area is 156 Å². The first-order valence-electron chi connectivity index (χ1n) is 8.04. The molecule has 0 saturated carbocycles. The lowest BCUT2D eigenvalue weighted by Gasteiger charge is -2.23. The minimum Gasteiger partial charge on any atom is -0.310 e. The third kappa shape index (κ3) is 3.16. The summed E-state index contributed by atoms with van der Waals surface area (Å²) in [4.78, 5) is 38.0. The van der Waals surface area contributed by atoms with Crippen LogP contribution in [0, 0.1) is 6.92 Å². The van der Waals surface area contributed by atoms with Gasteiger partial charge < -0.3 is 4.90 Å². The van der Waals surface area contributed by atoms with Crippen LogP contribution < -0.4 is 10.5 Å². The molecule has 1 fully saturated rings. The monoisotopic (exact) mass is 401 g/mol. The first kappa shape index (κ1) is 19.2. The van der Waals surface area contributed by atoms with Crippen molar-refractivity contribution >= 4 is 29.0 Å². The molecule has 1 aliphatic rings. The summed E-state index contributed by atoms with van der Waals surface area (Å²) >= 11 is 6.19. The highest BCUT2D eigenvalue weighted by Crippen LogP contribution is 2.43. The maximum absolute atomic E-state index is 13.5. The van der Waals surface area contributed by atoms with E-state index in [1.165, 1.54) is 14.0 Å². The van der Waals surface area contributed by atoms with Gasteiger partial charge in [0.25, 0.3) is 5.56 Å². The number of benzene rings is 1. The topological polar surface area (TPSA) is 75.2 Å². The highest BCUT2D eigenvalue weighted by atomic mass is 35.5. The molecule has 0 radical (unpaired) electrons. The number of aryl methyl sites for hydroxylation is 2. The number of aromatic nitrogens is 2. The van der Waals surface area contributed by atoms with Gasteiger partial charge in [0.05, 0.1) is 16.3 Å². The lowest BCUT2D eigenvalue weighted by molar-refractivity contribution is -0.137. The van der Waals surface area contributed by atoms with Gasteiger partial charge >= 0.3 is 6.18 Å². The lowest BCUT2D eigenvalue weighted by Crippen LogP contribution is -2.28. The standard InChI is InChI=1S/C17H15ClF3N3O3/c1-8-12(16(27)23(2)22-8)15(26)9-5-6-10(17(19,20)21)14(13(9)18)24-7-3-4-11(24)25/h5-6,22H,3-4,7H2,1-2H3. The van der Waals surface area contributed by atoms with E-state index in [0.717, 1.165) is 15.6 Å². The summed E-state index contributed by atoms with van der Waals surface area (Å²) in [7, 11) is 1.41. The Bertz CT molecular complexity index is 1010. The van der Waals surface area contributed by atoms with Gasteiger partial charge in [-0.15, -0.1) is 0 Å². The molecule has 27 heavy (non-hydrogen) atoms. The van der Waals surface area contributed by atoms with Crippen LogP contribution in [0.25, 0.3) is 0 Å². The molecule has 0 spiro atoms. The molecule has 1 N–H and O–H groups in total. The molecule has 10 heteroatoms. The zero-order valence-corrected chi connectivity index (χ0v) is 15.2. The van der Waals surface area contributed by atoms with Gasteiger partial charge in [0.15, 0.2) is 0 Å². The molecule has 1 aromatic heterocycles. The normalized spacial score (nSPS) is 14.9. The zero-order valence-electron chi connectivity index (χ0n) is 14.4. The number of nitrogens with one attached hydrogen (secondary N) is 1. The highest BCUT2D eigenvalue weighted by molar-refractivity contribution is 6.38. The Kier molecular flexibility index (Phi) is 4.67. The number of amides is 1. The summed E-state index contributed by atoms with van der Waals surface area (Å²) in [6, 6.07) is 1.65. The van der Waals surface area contributed by atoms with E-state index in [4.69, 9.17) is 11.6 Å². The average Bonchev–Trinajstić information content (AvgIpc) is 3.09. The molecular weight excluding hydrogens is 387 g/mol. The highest BCUT2D eigenvalue weighted by Gasteiger charge is 2.40. The number of hydrogen-bond acceptors (Lipinski definition) is 3. The van der Waals surface area contributed by atoms with E-state index in [9.17, 15) is 27.6 Å². The fraction of sp³-hybridized carbons (Fsp3) is 0.353. The molecule has 6 nitrogen and oxygen atoms in total. The Hall–Kier alpha value is -2.55. The fourth-order valence-corrected chi connectivity index (χ4v) is 3.56. The number of nitrogens with zero attached hydrogens (tertiary/aromatic N) is 2. The van der Waals surface area contributed by atoms with Crippen molar-refractivity contribution in [2.75, 3.05) is 11.4 Å². The zero-order chi connectivity index (χ0) is 20.1. The van der Waals surface area contributed by atoms with Gasteiger partial charge in [-0.1, -0.05) is 11.6 Å². The van der Waals surface area contributed by atoms with Gasteiger partial charge in [-0.2, -0.15) is 13.2 Å². The van der Waals surface area contributed by atoms with Crippen molar-refractivity contribution < 1.29 is 22.8 Å². The SMILES string of the molecule is Cc1[nH]n(C)c(=O)c1C(=O)c1ccc(C(F)(F)F)c(N2CCCC2=O)c1Cl. The second-order valence-electron chi connectivity index (χ2n) is 6.28. The van der Waals surface area contributed by atoms with Crippen LogP contribution in [0.15, 0.2) is 16.9 Å². The molecule has 1 saturated heterocycles. The molecule has 1 aliphatic heterocycles. The van der Waals surface area contributed by atoms with Gasteiger partial charge in [0.1, 0.15) is 5.56 Å². The summed E-state index contributed by atoms with van der Waals surface area (Å²) in [6.07, 6.45) is -4.27. The molecule has 3 rings (SSSR count). The Morgan fingerprint density at radius 1 is 1.26 bits per heavy atom. The lowest BCUT2D eigenvalue weighted by atomic mass is 10.00. The smallest absolute Gasteiger partial charge is 0.310 e. The Morgan fingerprint density at radius 3 is 2.41 bits per heavy atom. The molecule has 0 unspecified atom stereocenters. The molecule has 2 heterocycles. The number of carbonyl (C=O) groups is 2. The van der Waals surface area contributed by atoms with E-state index in [2.05, 4.69) is 5.10 Å². The quantitative estimate of drug-likeness (QED) is 0.803. The van der Waals surface area contributed by atoms with E-state index >= 15 is 0 Å². The second kappa shape index (κ2) is 6.56. The molecule has 1 aromatic carbocycles. The number of anilines is 1. The maximum atomic E-state index is 13.5. The molecule has 0 atom stereocenters. The van der Waals surface area contributed by atoms with Crippen LogP contribution >= 0.6 is 11.6 Å². The number of H-pyrrole nitrogens is 1. The van der Waals surface area contributed by atoms with Crippen molar-refractivity contribution in [1.82, 2.24) is 9.78 Å². The minimum absolute atomic E-state index is 0.0736. The van der Waals surface area contributed by atoms with E-state index in [-0.39, 0.29) is 29.8 Å². The van der Waals surface area contributed by atoms with Gasteiger partial charge in [0.2, 0.25) is 11.7 Å². The second-order valence-corrected chi connectivity index (χ2v) is 6.65. The summed E-state index contributed by atoms with van der Waals surface area (Å²) in [5.41, 5.74) is -2.47. The van der Waals surface area contributed by atoms with Gasteiger partial charge in [-0.3, -0.25) is 24.2 Å². The van der Waals surface area contributed by atoms with Crippen molar-refractivity contribution in [2.45, 2.75) is 25.9 Å². The first-order chi connectivity index (χ1) is 12.5. The van der Waals surface area contributed by atoms with Crippen molar-refractivity contribution in [3.8, 4) is 0 Å². The third-order valence-corrected chi connectivity index (χ3v) is 4.85. The molecule has 0 bridgehead atoms. The van der Waals surface area contributed by atoms with Crippen molar-refractivity contribution in [2.24, 2.45) is 7.05 Å². The third-order valence-electron chi connectivity index (χ3n) is 4.47. The fourth-order valence-electron chi connectivity index (χ4n) is 3.21. The Morgan fingerprint density at radius 2 is 1.93 bits per heavy atom. The van der Waals surface area contributed by atoms with E-state index in [0.29, 0.717) is 12.5 Å². The molecule has 0 aliphatic carbocycles. The minimum atomic E-state index is -4.76. The number of hydrogen-bond donors (Lipinski definition) is 1. The largest absolute Gasteiger partial charge is 0.418 e. The predicted octanol–water partition coefficient (Wildman–Crippen LogP) is 3.05. The number of halogens is 4. The van der Waals surface area contributed by atoms with Crippen LogP contribution in [0.2, 0.25) is 5.02 Å². The molecule has 1 amide bonds. The Balaban J connectivity index is 2.23. The van der Waals surface area contributed by atoms with E-state index < -0.39 is 39.7 Å². The van der Waals surface area contributed by atoms with Crippen LogP contribution in [0.1, 0.15) is 40.0 Å². The van der Waals surface area contributed by atoms with Crippen molar-refractivity contribution in [3.05, 3.63) is 49.9 Å². The summed E-state index contributed by atoms with van der Waals surface area (Å²) in [6.45, 7) is 1.57. The molecular formula is C17H15ClF3N3O3. The van der Waals surface area contributed by atoms with E-state index in [1.54, 1.807) is 0 Å². The molecule has 2 aromatic rings. The van der Waals surface area contributed by atoms with Crippen LogP contribution in [0.3, 0.4) is 0 Å². The van der Waals surface area contributed by atoms with Crippen LogP contribution in [0.5, 0.6) is 0 Å². The predicted molar refractivity (Wildman–Crippen MR) is 92.2 cm³/mol. The van der Waals surface area contributed by atoms with Gasteiger partial charge in [0, 0.05) is 31.3 Å². The van der Waals surface area contributed by atoms with Crippen LogP contribution in [-0.2, 0) is 18.0 Å². The maximum Gasteiger partial charge on any atom is 0.418 e. The summed E-state index contributed by atoms with van der Waals surface area (Å²) < 4.78 is 41.5. The number of alkyl halides is 3. The number of carbonyl (C=O) groups excluding carboxylic acids is 2. The van der Waals surface area contributed by atoms with Gasteiger partial charge in [-0.05, 0) is 25.5 Å². The number of ketones is 1. The van der Waals surface area contributed by atoms with E-state index in [1.807, 2.05) is 0 Å². The number of rotatable bonds is 3. The van der Waals surface area contributed by atoms with Gasteiger partial charge in [-0.25, -0.2) is 0 Å². The van der Waals surface area contributed by atoms with Crippen molar-refractivity contribution in [1.29, 1.82) is 0 Å². The molecule has 144 valence electrons. The summed E-state index contributed by atoms with van der Waals surface area (Å²) in [5.74, 6) is -1.30. The number of aromatic amines is 1. The average molecular weight is 402 g/mol. The van der Waals surface area contributed by atoms with Crippen LogP contribution in [0.4, 0.5) is 18.9 Å². The summed E-state index contributed by atoms with van der Waals surface area (Å²) in [5, 5.41) is 2.16. The van der Waals surface area contributed by atoms with Crippen LogP contribution in [-0.4, -0.2) is 28.0 Å². The van der Waals surface area contributed by atoms with Crippen molar-refractivity contribution in [3.63, 3.8) is 0 Å².